The fraction of sp³-hybridized carbons (Fsp3) is 0.318. The number of esters is 1. The molecule has 1 aliphatic rings. The maximum atomic E-state index is 11.7. The van der Waals surface area contributed by atoms with Crippen LogP contribution in [0.2, 0.25) is 0 Å². The van der Waals surface area contributed by atoms with Crippen LogP contribution in [0.3, 0.4) is 0 Å². The van der Waals surface area contributed by atoms with Crippen LogP contribution in [-0.2, 0) is 23.0 Å². The Morgan fingerprint density at radius 3 is 2.77 bits per heavy atom. The molecule has 1 unspecified atom stereocenters. The van der Waals surface area contributed by atoms with Crippen LogP contribution >= 0.6 is 0 Å². The number of hydrogen-bond acceptors (Lipinski definition) is 3. The van der Waals surface area contributed by atoms with E-state index in [-0.39, 0.29) is 18.6 Å². The van der Waals surface area contributed by atoms with E-state index in [0.29, 0.717) is 6.61 Å². The lowest BCUT2D eigenvalue weighted by Gasteiger charge is -2.24. The van der Waals surface area contributed by atoms with Crippen molar-refractivity contribution in [2.24, 2.45) is 7.05 Å². The van der Waals surface area contributed by atoms with Crippen LogP contribution < -0.4 is 5.32 Å². The van der Waals surface area contributed by atoms with E-state index in [4.69, 9.17) is 4.74 Å². The van der Waals surface area contributed by atoms with Crippen molar-refractivity contribution in [1.82, 2.24) is 9.88 Å². The van der Waals surface area contributed by atoms with Gasteiger partial charge >= 0.3 is 5.97 Å². The van der Waals surface area contributed by atoms with Gasteiger partial charge in [-0.25, -0.2) is 0 Å². The number of hydrogen-bond donors (Lipinski definition) is 1. The molecule has 2 aromatic carbocycles. The van der Waals surface area contributed by atoms with Gasteiger partial charge in [-0.3, -0.25) is 4.79 Å². The molecule has 1 heterocycles. The molecule has 26 heavy (non-hydrogen) atoms. The molecule has 4 rings (SSSR count). The summed E-state index contributed by atoms with van der Waals surface area (Å²) in [5.74, 6) is -0.191. The number of aromatic nitrogens is 1. The highest BCUT2D eigenvalue weighted by Gasteiger charge is 2.27. The molecule has 0 saturated heterocycles. The number of carbonyl (C=O) groups excluding carboxylic acids is 1. The molecule has 1 N–H and O–H groups in total. The van der Waals surface area contributed by atoms with Crippen LogP contribution in [0, 0.1) is 0 Å². The Bertz CT molecular complexity index is 944. The SMILES string of the molecule is CCOC(=O)CNC1CCc2c(-c3ccccc3)n(C)c3cccc1c23. The predicted molar refractivity (Wildman–Crippen MR) is 104 cm³/mol. The number of nitrogens with one attached hydrogen (secondary N) is 1. The third-order valence-corrected chi connectivity index (χ3v) is 5.26. The number of ether oxygens (including phenoxy) is 1. The van der Waals surface area contributed by atoms with Crippen molar-refractivity contribution in [2.75, 3.05) is 13.2 Å². The first kappa shape index (κ1) is 16.9. The summed E-state index contributed by atoms with van der Waals surface area (Å²) < 4.78 is 7.35. The Balaban J connectivity index is 1.76. The van der Waals surface area contributed by atoms with Gasteiger partial charge in [0.2, 0.25) is 0 Å². The zero-order valence-electron chi connectivity index (χ0n) is 15.3. The van der Waals surface area contributed by atoms with E-state index >= 15 is 0 Å². The van der Waals surface area contributed by atoms with Crippen molar-refractivity contribution in [3.8, 4) is 11.3 Å². The Morgan fingerprint density at radius 1 is 1.19 bits per heavy atom. The van der Waals surface area contributed by atoms with Crippen LogP contribution in [0.1, 0.15) is 30.5 Å². The van der Waals surface area contributed by atoms with E-state index in [2.05, 4.69) is 65.5 Å². The molecule has 0 fully saturated rings. The summed E-state index contributed by atoms with van der Waals surface area (Å²) in [7, 11) is 2.14. The van der Waals surface area contributed by atoms with E-state index in [9.17, 15) is 4.79 Å². The van der Waals surface area contributed by atoms with Gasteiger partial charge in [0.15, 0.2) is 0 Å². The summed E-state index contributed by atoms with van der Waals surface area (Å²) in [6.07, 6.45) is 1.98. The lowest BCUT2D eigenvalue weighted by atomic mass is 9.87. The van der Waals surface area contributed by atoms with E-state index in [1.807, 2.05) is 6.92 Å². The molecule has 0 aliphatic heterocycles. The maximum Gasteiger partial charge on any atom is 0.319 e. The average molecular weight is 348 g/mol. The minimum Gasteiger partial charge on any atom is -0.465 e. The summed E-state index contributed by atoms with van der Waals surface area (Å²) in [6, 6.07) is 17.2. The Morgan fingerprint density at radius 2 is 2.00 bits per heavy atom. The number of benzene rings is 2. The highest BCUT2D eigenvalue weighted by molar-refractivity contribution is 5.95. The zero-order valence-corrected chi connectivity index (χ0v) is 15.3. The minimum absolute atomic E-state index is 0.182. The number of carbonyl (C=O) groups is 1. The van der Waals surface area contributed by atoms with Gasteiger partial charge in [-0.05, 0) is 42.5 Å². The molecule has 3 aromatic rings. The van der Waals surface area contributed by atoms with Gasteiger partial charge in [-0.2, -0.15) is 0 Å². The highest BCUT2D eigenvalue weighted by atomic mass is 16.5. The lowest BCUT2D eigenvalue weighted by molar-refractivity contribution is -0.142. The van der Waals surface area contributed by atoms with Gasteiger partial charge in [-0.15, -0.1) is 0 Å². The summed E-state index contributed by atoms with van der Waals surface area (Å²) in [5, 5.41) is 4.73. The normalized spacial score (nSPS) is 16.0. The van der Waals surface area contributed by atoms with Crippen molar-refractivity contribution in [3.63, 3.8) is 0 Å². The van der Waals surface area contributed by atoms with Crippen molar-refractivity contribution in [2.45, 2.75) is 25.8 Å². The molecule has 134 valence electrons. The van der Waals surface area contributed by atoms with Crippen molar-refractivity contribution in [3.05, 3.63) is 59.7 Å². The van der Waals surface area contributed by atoms with E-state index in [1.165, 1.54) is 33.3 Å². The van der Waals surface area contributed by atoms with Crippen LogP contribution in [-0.4, -0.2) is 23.7 Å². The van der Waals surface area contributed by atoms with Gasteiger partial charge in [0.25, 0.3) is 0 Å². The minimum atomic E-state index is -0.191. The van der Waals surface area contributed by atoms with Crippen molar-refractivity contribution >= 4 is 16.9 Å². The standard InChI is InChI=1S/C22H24N2O2/c1-3-26-20(25)14-23-18-13-12-17-21-16(18)10-7-11-19(21)24(2)22(17)15-8-5-4-6-9-15/h4-11,18,23H,3,12-14H2,1-2H3. The molecule has 4 nitrogen and oxygen atoms in total. The van der Waals surface area contributed by atoms with Gasteiger partial charge in [-0.1, -0.05) is 42.5 Å². The molecule has 0 saturated carbocycles. The number of aryl methyl sites for hydroxylation is 2. The first-order valence-corrected chi connectivity index (χ1v) is 9.25. The molecule has 0 radical (unpaired) electrons. The molecular formula is C22H24N2O2. The molecule has 1 aliphatic carbocycles. The first-order chi connectivity index (χ1) is 12.7. The van der Waals surface area contributed by atoms with E-state index in [0.717, 1.165) is 12.8 Å². The zero-order chi connectivity index (χ0) is 18.1. The summed E-state index contributed by atoms with van der Waals surface area (Å²) in [6.45, 7) is 2.51. The fourth-order valence-corrected chi connectivity index (χ4v) is 4.18. The molecule has 1 aromatic heterocycles. The van der Waals surface area contributed by atoms with Crippen molar-refractivity contribution < 1.29 is 9.53 Å². The largest absolute Gasteiger partial charge is 0.465 e. The topological polar surface area (TPSA) is 43.3 Å². The van der Waals surface area contributed by atoms with Crippen LogP contribution in [0.5, 0.6) is 0 Å². The van der Waals surface area contributed by atoms with Crippen LogP contribution in [0.25, 0.3) is 22.2 Å². The average Bonchev–Trinajstić information content (AvgIpc) is 2.96. The number of rotatable bonds is 5. The summed E-state index contributed by atoms with van der Waals surface area (Å²) >= 11 is 0. The quantitative estimate of drug-likeness (QED) is 0.709. The predicted octanol–water partition coefficient (Wildman–Crippen LogP) is 3.99. The van der Waals surface area contributed by atoms with E-state index in [1.54, 1.807) is 0 Å². The molecule has 0 spiro atoms. The monoisotopic (exact) mass is 348 g/mol. The molecule has 1 atom stereocenters. The summed E-state index contributed by atoms with van der Waals surface area (Å²) in [4.78, 5) is 11.7. The second-order valence-corrected chi connectivity index (χ2v) is 6.77. The van der Waals surface area contributed by atoms with Crippen LogP contribution in [0.4, 0.5) is 0 Å². The van der Waals surface area contributed by atoms with Gasteiger partial charge in [0.1, 0.15) is 0 Å². The fourth-order valence-electron chi connectivity index (χ4n) is 4.18. The smallest absolute Gasteiger partial charge is 0.319 e. The number of nitrogens with zero attached hydrogens (tertiary/aromatic N) is 1. The molecule has 4 heteroatoms. The Kier molecular flexibility index (Phi) is 4.51. The van der Waals surface area contributed by atoms with Gasteiger partial charge in [0, 0.05) is 24.0 Å². The third-order valence-electron chi connectivity index (χ3n) is 5.26. The Hall–Kier alpha value is -2.59. The van der Waals surface area contributed by atoms with Crippen LogP contribution in [0.15, 0.2) is 48.5 Å². The van der Waals surface area contributed by atoms with Gasteiger partial charge in [0.05, 0.1) is 18.8 Å². The van der Waals surface area contributed by atoms with Gasteiger partial charge < -0.3 is 14.6 Å². The highest BCUT2D eigenvalue weighted by Crippen LogP contribution is 2.42. The van der Waals surface area contributed by atoms with E-state index < -0.39 is 0 Å². The first-order valence-electron chi connectivity index (χ1n) is 9.25. The lowest BCUT2D eigenvalue weighted by Crippen LogP contribution is -2.30. The molecule has 0 bridgehead atoms. The van der Waals surface area contributed by atoms with Crippen molar-refractivity contribution in [1.29, 1.82) is 0 Å². The molecule has 0 amide bonds. The second-order valence-electron chi connectivity index (χ2n) is 6.77. The maximum absolute atomic E-state index is 11.7. The Labute approximate surface area is 153 Å². The molecular weight excluding hydrogens is 324 g/mol. The second kappa shape index (κ2) is 6.96. The summed E-state index contributed by atoms with van der Waals surface area (Å²) in [5.41, 5.74) is 6.50. The third kappa shape index (κ3) is 2.80.